The van der Waals surface area contributed by atoms with Crippen molar-refractivity contribution in [1.82, 2.24) is 15.2 Å². The number of rotatable bonds is 4. The molecule has 2 aromatic heterocycles. The van der Waals surface area contributed by atoms with Crippen molar-refractivity contribution in [2.45, 2.75) is 13.8 Å². The lowest BCUT2D eigenvalue weighted by atomic mass is 9.94. The van der Waals surface area contributed by atoms with Crippen LogP contribution in [-0.4, -0.2) is 21.1 Å². The van der Waals surface area contributed by atoms with Gasteiger partial charge in [-0.05, 0) is 60.4 Å². The van der Waals surface area contributed by atoms with E-state index in [0.717, 1.165) is 44.8 Å². The lowest BCUT2D eigenvalue weighted by Gasteiger charge is -2.10. The van der Waals surface area contributed by atoms with Crippen LogP contribution in [0.25, 0.3) is 33.5 Å². The van der Waals surface area contributed by atoms with Gasteiger partial charge >= 0.3 is 0 Å². The van der Waals surface area contributed by atoms with Crippen molar-refractivity contribution < 1.29 is 4.79 Å². The van der Waals surface area contributed by atoms with Gasteiger partial charge in [-0.1, -0.05) is 30.3 Å². The molecular weight excluding hydrogens is 348 g/mol. The van der Waals surface area contributed by atoms with Gasteiger partial charge in [-0.25, -0.2) is 0 Å². The highest BCUT2D eigenvalue weighted by Gasteiger charge is 2.15. The topological polar surface area (TPSA) is 84.7 Å². The summed E-state index contributed by atoms with van der Waals surface area (Å²) in [5.74, 6) is -0.422. The average Bonchev–Trinajstić information content (AvgIpc) is 3.10. The third kappa shape index (κ3) is 3.18. The van der Waals surface area contributed by atoms with Crippen molar-refractivity contribution in [2.75, 3.05) is 0 Å². The number of amides is 1. The Labute approximate surface area is 163 Å². The maximum absolute atomic E-state index is 11.5. The minimum absolute atomic E-state index is 0.422. The van der Waals surface area contributed by atoms with Gasteiger partial charge in [-0.3, -0.25) is 14.9 Å². The van der Waals surface area contributed by atoms with Gasteiger partial charge in [0.15, 0.2) is 0 Å². The molecule has 0 spiro atoms. The molecule has 0 atom stereocenters. The van der Waals surface area contributed by atoms with E-state index in [1.807, 2.05) is 38.1 Å². The highest BCUT2D eigenvalue weighted by Crippen LogP contribution is 2.34. The summed E-state index contributed by atoms with van der Waals surface area (Å²) in [5, 5.41) is 7.57. The number of benzene rings is 2. The molecule has 0 aliphatic carbocycles. The number of carbonyl (C=O) groups excluding carboxylic acids is 1. The molecule has 5 heteroatoms. The molecule has 4 rings (SSSR count). The van der Waals surface area contributed by atoms with Crippen LogP contribution in [0, 0.1) is 13.8 Å². The summed E-state index contributed by atoms with van der Waals surface area (Å²) in [6.07, 6.45) is 3.53. The van der Waals surface area contributed by atoms with Crippen LogP contribution < -0.4 is 5.73 Å². The van der Waals surface area contributed by atoms with Gasteiger partial charge in [-0.2, -0.15) is 5.10 Å². The number of hydrogen-bond donors (Lipinski definition) is 2. The molecule has 1 amide bonds. The van der Waals surface area contributed by atoms with Crippen molar-refractivity contribution in [2.24, 2.45) is 5.73 Å². The maximum Gasteiger partial charge on any atom is 0.248 e. The number of primary amides is 1. The van der Waals surface area contributed by atoms with E-state index in [9.17, 15) is 4.79 Å². The van der Waals surface area contributed by atoms with Gasteiger partial charge in [-0.15, -0.1) is 0 Å². The minimum Gasteiger partial charge on any atom is -0.366 e. The summed E-state index contributed by atoms with van der Waals surface area (Å²) in [6.45, 7) is 4.04. The second-order valence-corrected chi connectivity index (χ2v) is 6.78. The molecule has 0 unspecified atom stereocenters. The molecule has 0 bridgehead atoms. The number of hydrogen-bond acceptors (Lipinski definition) is 3. The van der Waals surface area contributed by atoms with Crippen LogP contribution in [0.5, 0.6) is 0 Å². The number of pyridine rings is 1. The first-order valence-corrected chi connectivity index (χ1v) is 9.01. The van der Waals surface area contributed by atoms with E-state index < -0.39 is 5.91 Å². The maximum atomic E-state index is 11.5. The van der Waals surface area contributed by atoms with Crippen molar-refractivity contribution in [3.8, 4) is 33.5 Å². The van der Waals surface area contributed by atoms with Gasteiger partial charge in [0, 0.05) is 34.8 Å². The molecule has 2 aromatic carbocycles. The van der Waals surface area contributed by atoms with E-state index in [-0.39, 0.29) is 0 Å². The van der Waals surface area contributed by atoms with Crippen molar-refractivity contribution in [1.29, 1.82) is 0 Å². The molecule has 0 saturated heterocycles. The second kappa shape index (κ2) is 7.12. The van der Waals surface area contributed by atoms with Crippen molar-refractivity contribution in [3.05, 3.63) is 83.8 Å². The van der Waals surface area contributed by atoms with E-state index in [0.29, 0.717) is 5.56 Å². The molecule has 2 heterocycles. The highest BCUT2D eigenvalue weighted by atomic mass is 16.1. The van der Waals surface area contributed by atoms with Gasteiger partial charge in [0.05, 0.1) is 0 Å². The van der Waals surface area contributed by atoms with Crippen LogP contribution in [0.2, 0.25) is 0 Å². The number of H-pyrrole nitrogens is 1. The third-order valence-corrected chi connectivity index (χ3v) is 4.91. The zero-order chi connectivity index (χ0) is 19.7. The lowest BCUT2D eigenvalue weighted by molar-refractivity contribution is 0.100. The number of aromatic nitrogens is 3. The quantitative estimate of drug-likeness (QED) is 0.555. The highest BCUT2D eigenvalue weighted by molar-refractivity contribution is 5.94. The van der Waals surface area contributed by atoms with E-state index in [2.05, 4.69) is 39.4 Å². The lowest BCUT2D eigenvalue weighted by Crippen LogP contribution is -2.10. The molecule has 0 aliphatic heterocycles. The first kappa shape index (κ1) is 17.7. The third-order valence-electron chi connectivity index (χ3n) is 4.91. The Hall–Kier alpha value is -3.73. The van der Waals surface area contributed by atoms with Crippen molar-refractivity contribution in [3.63, 3.8) is 0 Å². The molecule has 138 valence electrons. The monoisotopic (exact) mass is 368 g/mol. The molecule has 3 N–H and O–H groups in total. The van der Waals surface area contributed by atoms with Crippen LogP contribution in [0.3, 0.4) is 0 Å². The van der Waals surface area contributed by atoms with Gasteiger partial charge in [0.1, 0.15) is 5.69 Å². The first-order valence-electron chi connectivity index (χ1n) is 9.01. The van der Waals surface area contributed by atoms with Crippen LogP contribution in [-0.2, 0) is 0 Å². The summed E-state index contributed by atoms with van der Waals surface area (Å²) >= 11 is 0. The zero-order valence-electron chi connectivity index (χ0n) is 15.7. The van der Waals surface area contributed by atoms with E-state index >= 15 is 0 Å². The largest absolute Gasteiger partial charge is 0.366 e. The number of carbonyl (C=O) groups is 1. The Kier molecular flexibility index (Phi) is 4.49. The van der Waals surface area contributed by atoms with Crippen LogP contribution in [0.15, 0.2) is 67.0 Å². The Morgan fingerprint density at radius 1 is 0.893 bits per heavy atom. The SMILES string of the molecule is Cc1ccc(C(N)=O)cc1-c1ccc(-c2c(-c3ccncc3)n[nH]c2C)cc1. The zero-order valence-corrected chi connectivity index (χ0v) is 15.7. The Morgan fingerprint density at radius 3 is 2.25 bits per heavy atom. The summed E-state index contributed by atoms with van der Waals surface area (Å²) < 4.78 is 0. The van der Waals surface area contributed by atoms with E-state index in [1.54, 1.807) is 18.5 Å². The normalized spacial score (nSPS) is 10.8. The molecular formula is C23H20N4O. The average molecular weight is 368 g/mol. The van der Waals surface area contributed by atoms with E-state index in [4.69, 9.17) is 5.73 Å². The molecule has 0 fully saturated rings. The molecule has 5 nitrogen and oxygen atoms in total. The predicted octanol–water partition coefficient (Wildman–Crippen LogP) is 4.52. The summed E-state index contributed by atoms with van der Waals surface area (Å²) in [4.78, 5) is 15.6. The summed E-state index contributed by atoms with van der Waals surface area (Å²) in [7, 11) is 0. The fraction of sp³-hybridized carbons (Fsp3) is 0.0870. The molecule has 0 radical (unpaired) electrons. The summed E-state index contributed by atoms with van der Waals surface area (Å²) in [6, 6.07) is 17.7. The molecule has 0 saturated carbocycles. The summed E-state index contributed by atoms with van der Waals surface area (Å²) in [5.41, 5.74) is 14.1. The number of nitrogens with one attached hydrogen (secondary N) is 1. The van der Waals surface area contributed by atoms with Crippen LogP contribution >= 0.6 is 0 Å². The number of nitrogens with zero attached hydrogens (tertiary/aromatic N) is 2. The minimum atomic E-state index is -0.422. The Bertz CT molecular complexity index is 1150. The van der Waals surface area contributed by atoms with E-state index in [1.165, 1.54) is 0 Å². The Balaban J connectivity index is 1.76. The number of nitrogens with two attached hydrogens (primary N) is 1. The Morgan fingerprint density at radius 2 is 1.57 bits per heavy atom. The first-order chi connectivity index (χ1) is 13.5. The van der Waals surface area contributed by atoms with Gasteiger partial charge < -0.3 is 5.73 Å². The molecule has 4 aromatic rings. The predicted molar refractivity (Wildman–Crippen MR) is 111 cm³/mol. The number of aromatic amines is 1. The fourth-order valence-electron chi connectivity index (χ4n) is 3.40. The van der Waals surface area contributed by atoms with Crippen LogP contribution in [0.1, 0.15) is 21.6 Å². The fourth-order valence-corrected chi connectivity index (χ4v) is 3.40. The molecule has 0 aliphatic rings. The van der Waals surface area contributed by atoms with Gasteiger partial charge in [0.2, 0.25) is 5.91 Å². The molecule has 28 heavy (non-hydrogen) atoms. The second-order valence-electron chi connectivity index (χ2n) is 6.78. The van der Waals surface area contributed by atoms with Gasteiger partial charge in [0.25, 0.3) is 0 Å². The standard InChI is InChI=1S/C23H20N4O/c1-14-3-4-19(23(24)28)13-20(14)16-5-7-17(8-6-16)21-15(2)26-27-22(21)18-9-11-25-12-10-18/h3-13H,1-2H3,(H2,24,28)(H,26,27). The van der Waals surface area contributed by atoms with Crippen LogP contribution in [0.4, 0.5) is 0 Å². The van der Waals surface area contributed by atoms with Crippen molar-refractivity contribution >= 4 is 5.91 Å². The smallest absolute Gasteiger partial charge is 0.248 e. The number of aryl methyl sites for hydroxylation is 2.